The van der Waals surface area contributed by atoms with Gasteiger partial charge >= 0.3 is 0 Å². The van der Waals surface area contributed by atoms with Crippen molar-refractivity contribution in [3.63, 3.8) is 0 Å². The van der Waals surface area contributed by atoms with E-state index in [1.165, 1.54) is 13.0 Å². The first-order valence-corrected chi connectivity index (χ1v) is 8.17. The van der Waals surface area contributed by atoms with Crippen LogP contribution in [0.1, 0.15) is 23.1 Å². The van der Waals surface area contributed by atoms with E-state index in [0.29, 0.717) is 25.3 Å². The molecule has 25 heavy (non-hydrogen) atoms. The first-order chi connectivity index (χ1) is 12.1. The van der Waals surface area contributed by atoms with Crippen LogP contribution in [-0.4, -0.2) is 27.1 Å². The van der Waals surface area contributed by atoms with Gasteiger partial charge in [0, 0.05) is 18.7 Å². The van der Waals surface area contributed by atoms with Crippen molar-refractivity contribution < 1.29 is 9.18 Å². The molecule has 2 heterocycles. The quantitative estimate of drug-likeness (QED) is 0.689. The highest BCUT2D eigenvalue weighted by Crippen LogP contribution is 2.28. The minimum Gasteiger partial charge on any atom is -0.362 e. The van der Waals surface area contributed by atoms with Gasteiger partial charge in [-0.3, -0.25) is 4.79 Å². The Morgan fingerprint density at radius 2 is 1.84 bits per heavy atom. The lowest BCUT2D eigenvalue weighted by Crippen LogP contribution is -2.35. The van der Waals surface area contributed by atoms with Crippen LogP contribution >= 0.6 is 0 Å². The summed E-state index contributed by atoms with van der Waals surface area (Å²) in [5.41, 5.74) is 1.77. The van der Waals surface area contributed by atoms with Gasteiger partial charge in [0.25, 0.3) is 0 Å². The van der Waals surface area contributed by atoms with Crippen molar-refractivity contribution in [1.29, 1.82) is 0 Å². The number of rotatable bonds is 3. The summed E-state index contributed by atoms with van der Waals surface area (Å²) in [6, 6.07) is 14.6. The van der Waals surface area contributed by atoms with Crippen molar-refractivity contribution in [2.75, 3.05) is 11.4 Å². The van der Waals surface area contributed by atoms with Crippen LogP contribution < -0.4 is 4.90 Å². The topological polar surface area (TPSA) is 51.0 Å². The summed E-state index contributed by atoms with van der Waals surface area (Å²) in [5.74, 6) is 0.886. The molecule has 0 fully saturated rings. The summed E-state index contributed by atoms with van der Waals surface area (Å²) in [5, 5.41) is 8.61. The Labute approximate surface area is 144 Å². The molecule has 0 radical (unpaired) electrons. The normalized spacial score (nSPS) is 13.6. The highest BCUT2D eigenvalue weighted by atomic mass is 19.1. The average molecular weight is 336 g/mol. The number of aromatic nitrogens is 3. The van der Waals surface area contributed by atoms with Crippen LogP contribution in [0.15, 0.2) is 48.5 Å². The Morgan fingerprint density at radius 3 is 2.60 bits per heavy atom. The van der Waals surface area contributed by atoms with Gasteiger partial charge in [-0.15, -0.1) is 10.2 Å². The maximum Gasteiger partial charge on any atom is 0.164 e. The second-order valence-electron chi connectivity index (χ2n) is 6.07. The minimum atomic E-state index is -0.484. The zero-order valence-corrected chi connectivity index (χ0v) is 13.8. The molecule has 0 N–H and O–H groups in total. The van der Waals surface area contributed by atoms with Gasteiger partial charge in [-0.2, -0.15) is 0 Å². The lowest BCUT2D eigenvalue weighted by molar-refractivity contribution is 0.101. The Bertz CT molecular complexity index is 936. The Balaban J connectivity index is 1.69. The molecule has 0 amide bonds. The number of fused-ring (bicyclic) bond motifs is 1. The van der Waals surface area contributed by atoms with Crippen LogP contribution in [0.3, 0.4) is 0 Å². The van der Waals surface area contributed by atoms with Crippen LogP contribution in [0.4, 0.5) is 10.1 Å². The number of benzene rings is 2. The van der Waals surface area contributed by atoms with Crippen LogP contribution in [-0.2, 0) is 13.1 Å². The summed E-state index contributed by atoms with van der Waals surface area (Å²) in [7, 11) is 0. The molecule has 0 bridgehead atoms. The van der Waals surface area contributed by atoms with E-state index in [0.717, 1.165) is 17.2 Å². The molecule has 0 saturated heterocycles. The van der Waals surface area contributed by atoms with Gasteiger partial charge in [-0.25, -0.2) is 4.39 Å². The number of anilines is 1. The number of hydrogen-bond acceptors (Lipinski definition) is 4. The number of ketones is 1. The summed E-state index contributed by atoms with van der Waals surface area (Å²) >= 11 is 0. The van der Waals surface area contributed by atoms with E-state index in [-0.39, 0.29) is 11.3 Å². The summed E-state index contributed by atoms with van der Waals surface area (Å²) in [6.45, 7) is 3.22. The molecular weight excluding hydrogens is 319 g/mol. The fourth-order valence-electron chi connectivity index (χ4n) is 3.29. The molecule has 3 aromatic rings. The van der Waals surface area contributed by atoms with E-state index in [4.69, 9.17) is 0 Å². The summed E-state index contributed by atoms with van der Waals surface area (Å²) < 4.78 is 16.2. The molecule has 6 heteroatoms. The molecule has 0 unspecified atom stereocenters. The summed E-state index contributed by atoms with van der Waals surface area (Å²) in [6.07, 6.45) is 0. The predicted octanol–water partition coefficient (Wildman–Crippen LogP) is 3.31. The van der Waals surface area contributed by atoms with Crippen LogP contribution in [0.25, 0.3) is 11.4 Å². The van der Waals surface area contributed by atoms with E-state index in [2.05, 4.69) is 14.8 Å². The number of hydrogen-bond donors (Lipinski definition) is 0. The van der Waals surface area contributed by atoms with Crippen molar-refractivity contribution in [3.8, 4) is 11.4 Å². The van der Waals surface area contributed by atoms with E-state index in [9.17, 15) is 9.18 Å². The van der Waals surface area contributed by atoms with Crippen molar-refractivity contribution >= 4 is 11.5 Å². The van der Waals surface area contributed by atoms with E-state index in [1.807, 2.05) is 35.2 Å². The molecule has 1 aliphatic heterocycles. The fourth-order valence-corrected chi connectivity index (χ4v) is 3.29. The Hall–Kier alpha value is -3.02. The number of Topliss-reactive ketones (excluding diaryl/α,β-unsaturated/α-hetero) is 1. The molecule has 1 aliphatic rings. The van der Waals surface area contributed by atoms with Gasteiger partial charge in [-0.1, -0.05) is 36.4 Å². The number of nitrogens with zero attached hydrogens (tertiary/aromatic N) is 4. The van der Waals surface area contributed by atoms with Gasteiger partial charge in [0.15, 0.2) is 17.4 Å². The number of carbonyl (C=O) groups is 1. The lowest BCUT2D eigenvalue weighted by Gasteiger charge is -2.31. The molecule has 0 spiro atoms. The van der Waals surface area contributed by atoms with Crippen LogP contribution in [0.5, 0.6) is 0 Å². The molecule has 5 nitrogen and oxygen atoms in total. The van der Waals surface area contributed by atoms with Crippen molar-refractivity contribution in [3.05, 3.63) is 65.7 Å². The maximum absolute atomic E-state index is 14.1. The standard InChI is InChI=1S/C19H17FN4O/c1-13(25)18-15(20)8-5-9-16(18)23-10-11-24-17(12-23)21-22-19(24)14-6-3-2-4-7-14/h2-9H,10-12H2,1H3. The van der Waals surface area contributed by atoms with Gasteiger partial charge in [-0.05, 0) is 19.1 Å². The largest absolute Gasteiger partial charge is 0.362 e. The first-order valence-electron chi connectivity index (χ1n) is 8.17. The highest BCUT2D eigenvalue weighted by Gasteiger charge is 2.25. The van der Waals surface area contributed by atoms with E-state index in [1.54, 1.807) is 12.1 Å². The zero-order chi connectivity index (χ0) is 17.4. The molecule has 0 aliphatic carbocycles. The maximum atomic E-state index is 14.1. The van der Waals surface area contributed by atoms with Crippen molar-refractivity contribution in [2.45, 2.75) is 20.0 Å². The molecule has 126 valence electrons. The zero-order valence-electron chi connectivity index (χ0n) is 13.8. The smallest absolute Gasteiger partial charge is 0.164 e. The average Bonchev–Trinajstić information content (AvgIpc) is 3.05. The van der Waals surface area contributed by atoms with E-state index < -0.39 is 5.82 Å². The summed E-state index contributed by atoms with van der Waals surface area (Å²) in [4.78, 5) is 13.8. The van der Waals surface area contributed by atoms with Gasteiger partial charge < -0.3 is 9.47 Å². The Morgan fingerprint density at radius 1 is 1.04 bits per heavy atom. The number of carbonyl (C=O) groups excluding carboxylic acids is 1. The minimum absolute atomic E-state index is 0.138. The molecule has 2 aromatic carbocycles. The van der Waals surface area contributed by atoms with Crippen LogP contribution in [0, 0.1) is 5.82 Å². The molecular formula is C19H17FN4O. The van der Waals surface area contributed by atoms with Crippen molar-refractivity contribution in [1.82, 2.24) is 14.8 Å². The predicted molar refractivity (Wildman–Crippen MR) is 92.9 cm³/mol. The highest BCUT2D eigenvalue weighted by molar-refractivity contribution is 6.00. The first kappa shape index (κ1) is 15.5. The molecule has 4 rings (SSSR count). The SMILES string of the molecule is CC(=O)c1c(F)cccc1N1CCn2c(nnc2-c2ccccc2)C1. The Kier molecular flexibility index (Phi) is 3.80. The molecule has 0 saturated carbocycles. The third kappa shape index (κ3) is 2.69. The molecule has 0 atom stereocenters. The second kappa shape index (κ2) is 6.12. The van der Waals surface area contributed by atoms with Crippen molar-refractivity contribution in [2.24, 2.45) is 0 Å². The third-order valence-corrected chi connectivity index (χ3v) is 4.47. The second-order valence-corrected chi connectivity index (χ2v) is 6.07. The third-order valence-electron chi connectivity index (χ3n) is 4.47. The van der Waals surface area contributed by atoms with Gasteiger partial charge in [0.2, 0.25) is 0 Å². The van der Waals surface area contributed by atoms with E-state index >= 15 is 0 Å². The fraction of sp³-hybridized carbons (Fsp3) is 0.211. The molecule has 1 aromatic heterocycles. The lowest BCUT2D eigenvalue weighted by atomic mass is 10.1. The van der Waals surface area contributed by atoms with Crippen LogP contribution in [0.2, 0.25) is 0 Å². The monoisotopic (exact) mass is 336 g/mol. The number of halogens is 1. The van der Waals surface area contributed by atoms with Gasteiger partial charge in [0.05, 0.1) is 17.8 Å². The van der Waals surface area contributed by atoms with Gasteiger partial charge in [0.1, 0.15) is 5.82 Å².